The molecule has 1 aliphatic heterocycles. The first kappa shape index (κ1) is 15.1. The van der Waals surface area contributed by atoms with E-state index in [2.05, 4.69) is 10.3 Å². The molecule has 116 valence electrons. The molecular formula is C16H17ClN2O3. The third-order valence-electron chi connectivity index (χ3n) is 4.01. The summed E-state index contributed by atoms with van der Waals surface area (Å²) in [6.45, 7) is 2.99. The van der Waals surface area contributed by atoms with Gasteiger partial charge in [-0.15, -0.1) is 0 Å². The van der Waals surface area contributed by atoms with Crippen molar-refractivity contribution in [3.8, 4) is 0 Å². The molecule has 1 atom stereocenters. The first-order chi connectivity index (χ1) is 10.6. The fourth-order valence-corrected chi connectivity index (χ4v) is 2.85. The van der Waals surface area contributed by atoms with Crippen molar-refractivity contribution in [3.05, 3.63) is 44.7 Å². The zero-order valence-electron chi connectivity index (χ0n) is 12.2. The van der Waals surface area contributed by atoms with E-state index in [-0.39, 0.29) is 23.0 Å². The van der Waals surface area contributed by atoms with Gasteiger partial charge < -0.3 is 15.0 Å². The fourth-order valence-electron chi connectivity index (χ4n) is 2.69. The predicted octanol–water partition coefficient (Wildman–Crippen LogP) is 2.40. The number of halogens is 1. The molecule has 1 saturated heterocycles. The maximum atomic E-state index is 12.5. The van der Waals surface area contributed by atoms with E-state index in [0.717, 1.165) is 25.0 Å². The Morgan fingerprint density at radius 2 is 2.32 bits per heavy atom. The first-order valence-corrected chi connectivity index (χ1v) is 7.66. The van der Waals surface area contributed by atoms with Crippen LogP contribution in [0.1, 0.15) is 28.8 Å². The van der Waals surface area contributed by atoms with E-state index in [1.165, 1.54) is 6.20 Å². The quantitative estimate of drug-likeness (QED) is 0.912. The summed E-state index contributed by atoms with van der Waals surface area (Å²) < 4.78 is 5.45. The van der Waals surface area contributed by atoms with Gasteiger partial charge in [-0.05, 0) is 37.5 Å². The number of aryl methyl sites for hydroxylation is 1. The van der Waals surface area contributed by atoms with Gasteiger partial charge >= 0.3 is 0 Å². The molecule has 22 heavy (non-hydrogen) atoms. The summed E-state index contributed by atoms with van der Waals surface area (Å²) in [4.78, 5) is 27.7. The Hall–Kier alpha value is -1.85. The number of hydrogen-bond acceptors (Lipinski definition) is 3. The van der Waals surface area contributed by atoms with Crippen LogP contribution in [0.4, 0.5) is 0 Å². The molecule has 0 spiro atoms. The third-order valence-corrected chi connectivity index (χ3v) is 4.42. The lowest BCUT2D eigenvalue weighted by atomic mass is 10.1. The van der Waals surface area contributed by atoms with Crippen LogP contribution in [0, 0.1) is 6.92 Å². The van der Waals surface area contributed by atoms with Crippen LogP contribution in [0.5, 0.6) is 0 Å². The molecule has 1 aromatic heterocycles. The number of nitrogens with one attached hydrogen (secondary N) is 2. The SMILES string of the molecule is Cc1c(Cl)ccc2c(=O)c(C(=O)NCC3CCCO3)c[nH]c12. The lowest BCUT2D eigenvalue weighted by Gasteiger charge is -2.11. The number of rotatable bonds is 3. The summed E-state index contributed by atoms with van der Waals surface area (Å²) in [5.74, 6) is -0.383. The summed E-state index contributed by atoms with van der Waals surface area (Å²) in [5.41, 5.74) is 1.27. The van der Waals surface area contributed by atoms with Crippen LogP contribution in [-0.2, 0) is 4.74 Å². The van der Waals surface area contributed by atoms with Crippen molar-refractivity contribution in [2.24, 2.45) is 0 Å². The lowest BCUT2D eigenvalue weighted by Crippen LogP contribution is -2.34. The Kier molecular flexibility index (Phi) is 4.18. The third kappa shape index (κ3) is 2.74. The molecule has 1 aromatic carbocycles. The molecular weight excluding hydrogens is 304 g/mol. The van der Waals surface area contributed by atoms with Gasteiger partial charge in [0, 0.05) is 29.8 Å². The second-order valence-corrected chi connectivity index (χ2v) is 5.88. The number of aromatic nitrogens is 1. The van der Waals surface area contributed by atoms with Crippen LogP contribution in [0.25, 0.3) is 10.9 Å². The van der Waals surface area contributed by atoms with E-state index >= 15 is 0 Å². The van der Waals surface area contributed by atoms with Crippen molar-refractivity contribution in [2.75, 3.05) is 13.2 Å². The predicted molar refractivity (Wildman–Crippen MR) is 85.6 cm³/mol. The number of amides is 1. The first-order valence-electron chi connectivity index (χ1n) is 7.28. The van der Waals surface area contributed by atoms with E-state index in [1.54, 1.807) is 12.1 Å². The number of H-pyrrole nitrogens is 1. The van der Waals surface area contributed by atoms with E-state index in [0.29, 0.717) is 22.5 Å². The van der Waals surface area contributed by atoms with Crippen molar-refractivity contribution < 1.29 is 9.53 Å². The number of carbonyl (C=O) groups is 1. The molecule has 1 amide bonds. The highest BCUT2D eigenvalue weighted by atomic mass is 35.5. The number of aromatic amines is 1. The van der Waals surface area contributed by atoms with E-state index in [9.17, 15) is 9.59 Å². The van der Waals surface area contributed by atoms with Crippen LogP contribution in [0.3, 0.4) is 0 Å². The largest absolute Gasteiger partial charge is 0.376 e. The maximum absolute atomic E-state index is 12.5. The summed E-state index contributed by atoms with van der Waals surface area (Å²) in [7, 11) is 0. The molecule has 2 N–H and O–H groups in total. The second kappa shape index (κ2) is 6.10. The van der Waals surface area contributed by atoms with Crippen molar-refractivity contribution in [1.82, 2.24) is 10.3 Å². The van der Waals surface area contributed by atoms with E-state index < -0.39 is 0 Å². The van der Waals surface area contributed by atoms with Crippen molar-refractivity contribution in [2.45, 2.75) is 25.9 Å². The molecule has 0 aliphatic carbocycles. The normalized spacial score (nSPS) is 17.8. The highest BCUT2D eigenvalue weighted by Gasteiger charge is 2.19. The molecule has 0 saturated carbocycles. The number of carbonyl (C=O) groups excluding carboxylic acids is 1. The number of hydrogen-bond donors (Lipinski definition) is 2. The van der Waals surface area contributed by atoms with Gasteiger partial charge in [-0.25, -0.2) is 0 Å². The van der Waals surface area contributed by atoms with Crippen LogP contribution < -0.4 is 10.7 Å². The molecule has 0 radical (unpaired) electrons. The fraction of sp³-hybridized carbons (Fsp3) is 0.375. The Morgan fingerprint density at radius 3 is 3.05 bits per heavy atom. The van der Waals surface area contributed by atoms with Crippen LogP contribution in [-0.4, -0.2) is 30.1 Å². The van der Waals surface area contributed by atoms with Gasteiger partial charge in [0.2, 0.25) is 5.43 Å². The molecule has 2 heterocycles. The van der Waals surface area contributed by atoms with Gasteiger partial charge in [0.05, 0.1) is 11.6 Å². The van der Waals surface area contributed by atoms with Gasteiger partial charge in [0.25, 0.3) is 5.91 Å². The summed E-state index contributed by atoms with van der Waals surface area (Å²) in [5, 5.41) is 3.81. The summed E-state index contributed by atoms with van der Waals surface area (Å²) in [6, 6.07) is 3.31. The molecule has 1 aliphatic rings. The molecule has 6 heteroatoms. The maximum Gasteiger partial charge on any atom is 0.256 e. The minimum Gasteiger partial charge on any atom is -0.376 e. The molecule has 2 aromatic rings. The van der Waals surface area contributed by atoms with Crippen LogP contribution in [0.15, 0.2) is 23.1 Å². The Bertz CT molecular complexity index is 779. The van der Waals surface area contributed by atoms with Crippen molar-refractivity contribution in [1.29, 1.82) is 0 Å². The zero-order chi connectivity index (χ0) is 15.7. The number of ether oxygens (including phenoxy) is 1. The van der Waals surface area contributed by atoms with Gasteiger partial charge in [0.15, 0.2) is 0 Å². The molecule has 1 fully saturated rings. The smallest absolute Gasteiger partial charge is 0.256 e. The van der Waals surface area contributed by atoms with Gasteiger partial charge in [0.1, 0.15) is 5.56 Å². The summed E-state index contributed by atoms with van der Waals surface area (Å²) >= 11 is 6.05. The van der Waals surface area contributed by atoms with Crippen molar-refractivity contribution in [3.63, 3.8) is 0 Å². The van der Waals surface area contributed by atoms with Gasteiger partial charge in [-0.2, -0.15) is 0 Å². The second-order valence-electron chi connectivity index (χ2n) is 5.47. The van der Waals surface area contributed by atoms with Gasteiger partial charge in [-0.3, -0.25) is 9.59 Å². The Morgan fingerprint density at radius 1 is 1.50 bits per heavy atom. The van der Waals surface area contributed by atoms with E-state index in [1.807, 2.05) is 6.92 Å². The summed E-state index contributed by atoms with van der Waals surface area (Å²) in [6.07, 6.45) is 3.44. The topological polar surface area (TPSA) is 71.2 Å². The van der Waals surface area contributed by atoms with E-state index in [4.69, 9.17) is 16.3 Å². The monoisotopic (exact) mass is 320 g/mol. The Balaban J connectivity index is 1.87. The minimum absolute atomic E-state index is 0.0459. The van der Waals surface area contributed by atoms with Gasteiger partial charge in [-0.1, -0.05) is 11.6 Å². The number of fused-ring (bicyclic) bond motifs is 1. The molecule has 1 unspecified atom stereocenters. The highest BCUT2D eigenvalue weighted by Crippen LogP contribution is 2.21. The molecule has 0 bridgehead atoms. The van der Waals surface area contributed by atoms with Crippen LogP contribution in [0.2, 0.25) is 5.02 Å². The van der Waals surface area contributed by atoms with Crippen molar-refractivity contribution >= 4 is 28.4 Å². The number of pyridine rings is 1. The standard InChI is InChI=1S/C16H17ClN2O3/c1-9-13(17)5-4-11-14(9)18-8-12(15(11)20)16(21)19-7-10-3-2-6-22-10/h4-5,8,10H,2-3,6-7H2,1H3,(H,18,20)(H,19,21). The highest BCUT2D eigenvalue weighted by molar-refractivity contribution is 6.32. The minimum atomic E-state index is -0.383. The molecule has 5 nitrogen and oxygen atoms in total. The van der Waals surface area contributed by atoms with Crippen LogP contribution >= 0.6 is 11.6 Å². The Labute approximate surface area is 132 Å². The average molecular weight is 321 g/mol. The zero-order valence-corrected chi connectivity index (χ0v) is 13.0. The number of benzene rings is 1. The average Bonchev–Trinajstić information content (AvgIpc) is 3.02. The molecule has 3 rings (SSSR count). The lowest BCUT2D eigenvalue weighted by molar-refractivity contribution is 0.0857.